The summed E-state index contributed by atoms with van der Waals surface area (Å²) in [7, 11) is 0.176. The number of nitrogens with zero attached hydrogens (tertiary/aromatic N) is 3. The lowest BCUT2D eigenvalue weighted by molar-refractivity contribution is 0.0200. The van der Waals surface area contributed by atoms with Gasteiger partial charge in [0.2, 0.25) is 10.0 Å². The van der Waals surface area contributed by atoms with Gasteiger partial charge in [0, 0.05) is 46.9 Å². The first-order chi connectivity index (χ1) is 12.5. The number of aliphatic imine (C=N–C) groups is 1. The molecule has 0 amide bonds. The molecular weight excluding hydrogens is 368 g/mol. The summed E-state index contributed by atoms with van der Waals surface area (Å²) < 4.78 is 37.4. The smallest absolute Gasteiger partial charge is 0.216 e. The molecule has 1 saturated heterocycles. The van der Waals surface area contributed by atoms with Crippen LogP contribution in [0.1, 0.15) is 34.6 Å². The van der Waals surface area contributed by atoms with Crippen LogP contribution in [0.4, 0.5) is 0 Å². The van der Waals surface area contributed by atoms with Gasteiger partial charge >= 0.3 is 0 Å². The Hall–Kier alpha value is -0.900. The van der Waals surface area contributed by atoms with Crippen molar-refractivity contribution in [1.82, 2.24) is 14.5 Å². The summed E-state index contributed by atoms with van der Waals surface area (Å²) in [6.07, 6.45) is 0.0901. The number of hydrogen-bond donors (Lipinski definition) is 1. The van der Waals surface area contributed by atoms with Gasteiger partial charge < -0.3 is 19.7 Å². The summed E-state index contributed by atoms with van der Waals surface area (Å²) in [6, 6.07) is 0. The van der Waals surface area contributed by atoms with Crippen LogP contribution in [-0.4, -0.2) is 95.0 Å². The molecule has 27 heavy (non-hydrogen) atoms. The molecule has 0 saturated carbocycles. The highest BCUT2D eigenvalue weighted by Gasteiger charge is 2.29. The predicted molar refractivity (Wildman–Crippen MR) is 110 cm³/mol. The van der Waals surface area contributed by atoms with E-state index >= 15 is 0 Å². The van der Waals surface area contributed by atoms with E-state index in [1.165, 1.54) is 0 Å². The minimum absolute atomic E-state index is 0.0193. The van der Waals surface area contributed by atoms with Gasteiger partial charge in [0.25, 0.3) is 0 Å². The van der Waals surface area contributed by atoms with Crippen molar-refractivity contribution in [2.75, 3.05) is 59.2 Å². The molecule has 1 N–H and O–H groups in total. The Balaban J connectivity index is 2.54. The second-order valence-corrected chi connectivity index (χ2v) is 10.2. The first-order valence-corrected chi connectivity index (χ1v) is 11.2. The highest BCUT2D eigenvalue weighted by molar-refractivity contribution is 7.89. The lowest BCUT2D eigenvalue weighted by Crippen LogP contribution is -2.55. The maximum atomic E-state index is 12.4. The Kier molecular flexibility index (Phi) is 9.47. The van der Waals surface area contributed by atoms with Crippen LogP contribution < -0.4 is 5.32 Å². The molecule has 0 aromatic carbocycles. The Labute approximate surface area is 165 Å². The molecular formula is C18H38N4O4S. The summed E-state index contributed by atoms with van der Waals surface area (Å²) >= 11 is 0. The second kappa shape index (κ2) is 10.6. The van der Waals surface area contributed by atoms with Gasteiger partial charge in [-0.3, -0.25) is 4.99 Å². The van der Waals surface area contributed by atoms with Crippen molar-refractivity contribution in [2.24, 2.45) is 10.4 Å². The molecule has 160 valence electrons. The summed E-state index contributed by atoms with van der Waals surface area (Å²) in [6.45, 7) is 13.2. The van der Waals surface area contributed by atoms with Gasteiger partial charge in [-0.15, -0.1) is 0 Å². The van der Waals surface area contributed by atoms with Gasteiger partial charge in [-0.1, -0.05) is 20.8 Å². The number of sulfonamides is 1. The summed E-state index contributed by atoms with van der Waals surface area (Å²) in [5.74, 6) is 0.806. The predicted octanol–water partition coefficient (Wildman–Crippen LogP) is 0.995. The topological polar surface area (TPSA) is 83.5 Å². The van der Waals surface area contributed by atoms with Gasteiger partial charge in [0.05, 0.1) is 24.6 Å². The molecule has 0 radical (unpaired) electrons. The molecule has 0 aliphatic carbocycles. The first kappa shape index (κ1) is 24.1. The second-order valence-electron chi connectivity index (χ2n) is 8.14. The summed E-state index contributed by atoms with van der Waals surface area (Å²) in [5, 5.41) is 3.36. The minimum Gasteiger partial charge on any atom is -0.379 e. The van der Waals surface area contributed by atoms with Crippen LogP contribution in [0.25, 0.3) is 0 Å². The Morgan fingerprint density at radius 1 is 1.19 bits per heavy atom. The maximum absolute atomic E-state index is 12.4. The van der Waals surface area contributed by atoms with Crippen LogP contribution in [0.3, 0.4) is 0 Å². The van der Waals surface area contributed by atoms with E-state index in [1.807, 2.05) is 13.8 Å². The van der Waals surface area contributed by atoms with Crippen molar-refractivity contribution in [3.8, 4) is 0 Å². The molecule has 0 aromatic rings. The van der Waals surface area contributed by atoms with Crippen LogP contribution in [0.15, 0.2) is 4.99 Å². The molecule has 0 spiro atoms. The number of guanidine groups is 1. The molecule has 1 unspecified atom stereocenters. The maximum Gasteiger partial charge on any atom is 0.216 e. The van der Waals surface area contributed by atoms with Gasteiger partial charge in [-0.2, -0.15) is 4.31 Å². The quantitative estimate of drug-likeness (QED) is 0.478. The molecule has 1 aliphatic heterocycles. The zero-order valence-electron chi connectivity index (χ0n) is 18.0. The molecule has 1 aliphatic rings. The van der Waals surface area contributed by atoms with Crippen molar-refractivity contribution < 1.29 is 17.9 Å². The van der Waals surface area contributed by atoms with Crippen molar-refractivity contribution in [3.63, 3.8) is 0 Å². The van der Waals surface area contributed by atoms with Gasteiger partial charge in [0.1, 0.15) is 0 Å². The number of piperazine rings is 1. The lowest BCUT2D eigenvalue weighted by Gasteiger charge is -2.37. The van der Waals surface area contributed by atoms with E-state index in [1.54, 1.807) is 18.5 Å². The van der Waals surface area contributed by atoms with E-state index in [4.69, 9.17) is 9.47 Å². The largest absolute Gasteiger partial charge is 0.379 e. The molecule has 0 aromatic heterocycles. The zero-order chi connectivity index (χ0) is 20.7. The fourth-order valence-electron chi connectivity index (χ4n) is 2.96. The lowest BCUT2D eigenvalue weighted by atomic mass is 9.89. The van der Waals surface area contributed by atoms with Crippen LogP contribution in [0.2, 0.25) is 0 Å². The summed E-state index contributed by atoms with van der Waals surface area (Å²) in [5.41, 5.74) is 0.0193. The first-order valence-electron chi connectivity index (χ1n) is 9.59. The average Bonchev–Trinajstić information content (AvgIpc) is 2.57. The van der Waals surface area contributed by atoms with Crippen LogP contribution in [0, 0.1) is 5.41 Å². The Bertz CT molecular complexity index is 564. The van der Waals surface area contributed by atoms with Crippen molar-refractivity contribution in [3.05, 3.63) is 0 Å². The zero-order valence-corrected chi connectivity index (χ0v) is 18.8. The number of rotatable bonds is 8. The number of hydrogen-bond acceptors (Lipinski definition) is 5. The number of nitrogens with one attached hydrogen (secondary N) is 1. The van der Waals surface area contributed by atoms with Gasteiger partial charge in [-0.25, -0.2) is 8.42 Å². The standard InChI is InChI=1S/C18H38N4O4S/c1-15(2)26-12-13-27(23,24)22-10-8-21(9-11-22)17(19-6)20-14-16(25-7)18(3,4)5/h15-16H,8-14H2,1-7H3,(H,19,20). The van der Waals surface area contributed by atoms with Crippen molar-refractivity contribution in [1.29, 1.82) is 0 Å². The molecule has 1 fully saturated rings. The third-order valence-corrected chi connectivity index (χ3v) is 6.47. The molecule has 1 heterocycles. The number of ether oxygens (including phenoxy) is 2. The number of methoxy groups -OCH3 is 1. The molecule has 9 heteroatoms. The van der Waals surface area contributed by atoms with Gasteiger partial charge in [0.15, 0.2) is 5.96 Å². The SMILES string of the molecule is CN=C(NCC(OC)C(C)(C)C)N1CCN(S(=O)(=O)CCOC(C)C)CC1. The monoisotopic (exact) mass is 406 g/mol. The normalized spacial score (nSPS) is 18.8. The fourth-order valence-corrected chi connectivity index (χ4v) is 4.24. The minimum atomic E-state index is -3.28. The summed E-state index contributed by atoms with van der Waals surface area (Å²) in [4.78, 5) is 6.43. The Morgan fingerprint density at radius 3 is 2.22 bits per heavy atom. The van der Waals surface area contributed by atoms with Crippen molar-refractivity contribution >= 4 is 16.0 Å². The van der Waals surface area contributed by atoms with Crippen LogP contribution in [0.5, 0.6) is 0 Å². The fraction of sp³-hybridized carbons (Fsp3) is 0.944. The Morgan fingerprint density at radius 2 is 1.78 bits per heavy atom. The third kappa shape index (κ3) is 7.93. The van der Waals surface area contributed by atoms with Gasteiger partial charge in [-0.05, 0) is 19.3 Å². The molecule has 0 bridgehead atoms. The van der Waals surface area contributed by atoms with E-state index in [-0.39, 0.29) is 30.0 Å². The highest BCUT2D eigenvalue weighted by atomic mass is 32.2. The van der Waals surface area contributed by atoms with E-state index < -0.39 is 10.0 Å². The van der Waals surface area contributed by atoms with Crippen LogP contribution in [-0.2, 0) is 19.5 Å². The van der Waals surface area contributed by atoms with E-state index in [2.05, 4.69) is 36.0 Å². The van der Waals surface area contributed by atoms with E-state index in [9.17, 15) is 8.42 Å². The average molecular weight is 407 g/mol. The molecule has 1 rings (SSSR count). The van der Waals surface area contributed by atoms with Crippen LogP contribution >= 0.6 is 0 Å². The molecule has 1 atom stereocenters. The van der Waals surface area contributed by atoms with E-state index in [0.717, 1.165) is 5.96 Å². The van der Waals surface area contributed by atoms with E-state index in [0.29, 0.717) is 32.7 Å². The molecule has 8 nitrogen and oxygen atoms in total. The van der Waals surface area contributed by atoms with Crippen molar-refractivity contribution in [2.45, 2.75) is 46.8 Å². The highest BCUT2D eigenvalue weighted by Crippen LogP contribution is 2.21. The third-order valence-electron chi connectivity index (χ3n) is 4.63.